The fourth-order valence-electron chi connectivity index (χ4n) is 2.47. The standard InChI is InChI=1S/C20H24N2O4/c1-15(23)22-19(16-8-10-17(25-2)11-9-16)14-20(24)21-12-13-26-18-6-4-3-5-7-18/h3-11,19H,12-14H2,1-2H3,(H,21,24)(H,22,23). The zero-order valence-electron chi connectivity index (χ0n) is 15.0. The minimum atomic E-state index is -0.395. The Hall–Kier alpha value is -3.02. The number of methoxy groups -OCH3 is 1. The number of amides is 2. The first-order valence-electron chi connectivity index (χ1n) is 8.44. The molecule has 6 nitrogen and oxygen atoms in total. The van der Waals surface area contributed by atoms with Crippen LogP contribution in [0.2, 0.25) is 0 Å². The Balaban J connectivity index is 1.84. The summed E-state index contributed by atoms with van der Waals surface area (Å²) in [5, 5.41) is 5.62. The van der Waals surface area contributed by atoms with Crippen LogP contribution in [0.5, 0.6) is 11.5 Å². The Bertz CT molecular complexity index is 702. The van der Waals surface area contributed by atoms with Gasteiger partial charge in [0.25, 0.3) is 0 Å². The van der Waals surface area contributed by atoms with Gasteiger partial charge in [-0.15, -0.1) is 0 Å². The molecule has 0 spiro atoms. The van der Waals surface area contributed by atoms with Crippen molar-refractivity contribution < 1.29 is 19.1 Å². The van der Waals surface area contributed by atoms with Crippen LogP contribution in [0.3, 0.4) is 0 Å². The highest BCUT2D eigenvalue weighted by Gasteiger charge is 2.17. The molecule has 0 aromatic heterocycles. The first-order valence-corrected chi connectivity index (χ1v) is 8.44. The zero-order valence-corrected chi connectivity index (χ0v) is 15.0. The van der Waals surface area contributed by atoms with Gasteiger partial charge >= 0.3 is 0 Å². The van der Waals surface area contributed by atoms with Crippen LogP contribution >= 0.6 is 0 Å². The molecule has 2 aromatic carbocycles. The van der Waals surface area contributed by atoms with E-state index in [2.05, 4.69) is 10.6 Å². The summed E-state index contributed by atoms with van der Waals surface area (Å²) >= 11 is 0. The average Bonchev–Trinajstić information content (AvgIpc) is 2.65. The summed E-state index contributed by atoms with van der Waals surface area (Å²) in [7, 11) is 1.59. The maximum atomic E-state index is 12.2. The largest absolute Gasteiger partial charge is 0.497 e. The minimum absolute atomic E-state index is 0.150. The maximum absolute atomic E-state index is 12.2. The normalized spacial score (nSPS) is 11.3. The number of hydrogen-bond donors (Lipinski definition) is 2. The van der Waals surface area contributed by atoms with Crippen molar-refractivity contribution in [2.24, 2.45) is 0 Å². The molecule has 0 saturated heterocycles. The summed E-state index contributed by atoms with van der Waals surface area (Å²) in [6.45, 7) is 2.20. The van der Waals surface area contributed by atoms with Crippen molar-refractivity contribution in [3.8, 4) is 11.5 Å². The van der Waals surface area contributed by atoms with Crippen molar-refractivity contribution >= 4 is 11.8 Å². The second-order valence-electron chi connectivity index (χ2n) is 5.74. The van der Waals surface area contributed by atoms with E-state index in [1.165, 1.54) is 6.92 Å². The highest BCUT2D eigenvalue weighted by molar-refractivity contribution is 5.79. The number of para-hydroxylation sites is 1. The third-order valence-corrected chi connectivity index (χ3v) is 3.72. The molecule has 26 heavy (non-hydrogen) atoms. The highest BCUT2D eigenvalue weighted by atomic mass is 16.5. The number of ether oxygens (including phenoxy) is 2. The third-order valence-electron chi connectivity index (χ3n) is 3.72. The first-order chi connectivity index (χ1) is 12.6. The lowest BCUT2D eigenvalue weighted by molar-refractivity contribution is -0.122. The van der Waals surface area contributed by atoms with Gasteiger partial charge in [0.15, 0.2) is 0 Å². The Kier molecular flexibility index (Phi) is 7.49. The SMILES string of the molecule is COc1ccc(C(CC(=O)NCCOc2ccccc2)NC(C)=O)cc1. The quantitative estimate of drug-likeness (QED) is 0.677. The molecule has 0 aliphatic heterocycles. The molecule has 0 aliphatic carbocycles. The van der Waals surface area contributed by atoms with Crippen LogP contribution in [0, 0.1) is 0 Å². The average molecular weight is 356 g/mol. The predicted molar refractivity (Wildman–Crippen MR) is 99.1 cm³/mol. The van der Waals surface area contributed by atoms with E-state index in [1.54, 1.807) is 19.2 Å². The molecule has 0 saturated carbocycles. The smallest absolute Gasteiger partial charge is 0.222 e. The molecule has 6 heteroatoms. The van der Waals surface area contributed by atoms with Gasteiger partial charge in [0.1, 0.15) is 18.1 Å². The molecule has 0 heterocycles. The summed E-state index contributed by atoms with van der Waals surface area (Å²) in [5.74, 6) is 1.14. The number of nitrogens with one attached hydrogen (secondary N) is 2. The van der Waals surface area contributed by atoms with Gasteiger partial charge in [-0.05, 0) is 29.8 Å². The van der Waals surface area contributed by atoms with Gasteiger partial charge in [-0.2, -0.15) is 0 Å². The molecular weight excluding hydrogens is 332 g/mol. The zero-order chi connectivity index (χ0) is 18.8. The van der Waals surface area contributed by atoms with Gasteiger partial charge in [0.05, 0.1) is 26.1 Å². The van der Waals surface area contributed by atoms with E-state index in [0.29, 0.717) is 13.2 Å². The molecular formula is C20H24N2O4. The number of carbonyl (C=O) groups is 2. The van der Waals surface area contributed by atoms with Crippen LogP contribution in [-0.4, -0.2) is 32.1 Å². The molecule has 1 unspecified atom stereocenters. The van der Waals surface area contributed by atoms with Gasteiger partial charge in [-0.3, -0.25) is 9.59 Å². The van der Waals surface area contributed by atoms with Crippen molar-refractivity contribution in [1.29, 1.82) is 0 Å². The van der Waals surface area contributed by atoms with E-state index in [0.717, 1.165) is 17.1 Å². The molecule has 0 radical (unpaired) electrons. The van der Waals surface area contributed by atoms with E-state index in [4.69, 9.17) is 9.47 Å². The number of benzene rings is 2. The Morgan fingerprint density at radius 1 is 1.00 bits per heavy atom. The molecule has 2 rings (SSSR count). The number of hydrogen-bond acceptors (Lipinski definition) is 4. The minimum Gasteiger partial charge on any atom is -0.497 e. The van der Waals surface area contributed by atoms with Crippen LogP contribution < -0.4 is 20.1 Å². The van der Waals surface area contributed by atoms with E-state index in [-0.39, 0.29) is 18.2 Å². The third kappa shape index (κ3) is 6.47. The summed E-state index contributed by atoms with van der Waals surface area (Å²) in [5.41, 5.74) is 0.844. The molecule has 0 fully saturated rings. The van der Waals surface area contributed by atoms with Crippen LogP contribution in [0.25, 0.3) is 0 Å². The summed E-state index contributed by atoms with van der Waals surface area (Å²) < 4.78 is 10.7. The lowest BCUT2D eigenvalue weighted by Gasteiger charge is -2.18. The van der Waals surface area contributed by atoms with E-state index >= 15 is 0 Å². The van der Waals surface area contributed by atoms with Gasteiger partial charge in [0.2, 0.25) is 11.8 Å². The topological polar surface area (TPSA) is 76.7 Å². The van der Waals surface area contributed by atoms with Crippen LogP contribution in [-0.2, 0) is 9.59 Å². The molecule has 1 atom stereocenters. The first kappa shape index (κ1) is 19.3. The van der Waals surface area contributed by atoms with E-state index < -0.39 is 6.04 Å². The second-order valence-corrected chi connectivity index (χ2v) is 5.74. The Morgan fingerprint density at radius 3 is 2.31 bits per heavy atom. The molecule has 138 valence electrons. The van der Waals surface area contributed by atoms with E-state index in [9.17, 15) is 9.59 Å². The van der Waals surface area contributed by atoms with E-state index in [1.807, 2.05) is 42.5 Å². The monoisotopic (exact) mass is 356 g/mol. The fourth-order valence-corrected chi connectivity index (χ4v) is 2.47. The van der Waals surface area contributed by atoms with Crippen LogP contribution in [0.1, 0.15) is 24.9 Å². The van der Waals surface area contributed by atoms with Crippen molar-refractivity contribution in [2.45, 2.75) is 19.4 Å². The van der Waals surface area contributed by atoms with Crippen molar-refractivity contribution in [3.05, 3.63) is 60.2 Å². The lowest BCUT2D eigenvalue weighted by Crippen LogP contribution is -2.34. The Morgan fingerprint density at radius 2 is 1.69 bits per heavy atom. The van der Waals surface area contributed by atoms with Gasteiger partial charge < -0.3 is 20.1 Å². The van der Waals surface area contributed by atoms with Crippen LogP contribution in [0.4, 0.5) is 0 Å². The van der Waals surface area contributed by atoms with Gasteiger partial charge in [0, 0.05) is 6.92 Å². The number of rotatable bonds is 9. The number of carbonyl (C=O) groups excluding carboxylic acids is 2. The van der Waals surface area contributed by atoms with Crippen molar-refractivity contribution in [1.82, 2.24) is 10.6 Å². The molecule has 2 N–H and O–H groups in total. The predicted octanol–water partition coefficient (Wildman–Crippen LogP) is 2.46. The molecule has 0 aliphatic rings. The summed E-state index contributed by atoms with van der Waals surface area (Å²) in [6.07, 6.45) is 0.150. The van der Waals surface area contributed by atoms with Crippen molar-refractivity contribution in [3.63, 3.8) is 0 Å². The van der Waals surface area contributed by atoms with Gasteiger partial charge in [-0.1, -0.05) is 30.3 Å². The van der Waals surface area contributed by atoms with Crippen molar-refractivity contribution in [2.75, 3.05) is 20.3 Å². The van der Waals surface area contributed by atoms with Gasteiger partial charge in [-0.25, -0.2) is 0 Å². The van der Waals surface area contributed by atoms with Crippen LogP contribution in [0.15, 0.2) is 54.6 Å². The summed E-state index contributed by atoms with van der Waals surface area (Å²) in [4.78, 5) is 23.7. The maximum Gasteiger partial charge on any atom is 0.222 e. The summed E-state index contributed by atoms with van der Waals surface area (Å²) in [6, 6.07) is 16.3. The fraction of sp³-hybridized carbons (Fsp3) is 0.300. The molecule has 2 aromatic rings. The highest BCUT2D eigenvalue weighted by Crippen LogP contribution is 2.20. The molecule has 0 bridgehead atoms. The second kappa shape index (κ2) is 10.1. The lowest BCUT2D eigenvalue weighted by atomic mass is 10.0. The molecule has 2 amide bonds. The Labute approximate surface area is 153 Å².